The number of hydrogen-bond donors (Lipinski definition) is 1. The Morgan fingerprint density at radius 3 is 2.36 bits per heavy atom. The number of urea groups is 1. The molecule has 3 aliphatic rings. The summed E-state index contributed by atoms with van der Waals surface area (Å²) in [5.74, 6) is -0.174. The van der Waals surface area contributed by atoms with Crippen LogP contribution in [-0.2, 0) is 14.8 Å². The molecule has 3 fully saturated rings. The second-order valence-corrected chi connectivity index (χ2v) is 9.20. The third-order valence-electron chi connectivity index (χ3n) is 5.48. The zero-order chi connectivity index (χ0) is 18.0. The average molecular weight is 372 g/mol. The van der Waals surface area contributed by atoms with Gasteiger partial charge in [0.25, 0.3) is 0 Å². The monoisotopic (exact) mass is 372 g/mol. The Labute approximate surface area is 149 Å². The first-order chi connectivity index (χ1) is 11.9. The van der Waals surface area contributed by atoms with Crippen molar-refractivity contribution < 1.29 is 18.0 Å². The van der Waals surface area contributed by atoms with Crippen LogP contribution in [0.15, 0.2) is 0 Å². The molecule has 0 aromatic heterocycles. The lowest BCUT2D eigenvalue weighted by Crippen LogP contribution is -2.50. The standard InChI is InChI=1S/C16H28N4O4S/c1-25(23,24)20(13-4-2-5-13)14-6-3-9-18(10-7-14)12-15(21)19-11-8-17-16(19)22/h13-14H,2-12H2,1H3,(H,17,22)/t14-/m1/s1. The summed E-state index contributed by atoms with van der Waals surface area (Å²) in [4.78, 5) is 27.2. The van der Waals surface area contributed by atoms with Gasteiger partial charge in [0.2, 0.25) is 15.9 Å². The van der Waals surface area contributed by atoms with E-state index in [0.29, 0.717) is 19.6 Å². The Hall–Kier alpha value is -1.19. The van der Waals surface area contributed by atoms with Crippen molar-refractivity contribution >= 4 is 22.0 Å². The van der Waals surface area contributed by atoms with E-state index in [-0.39, 0.29) is 30.6 Å². The summed E-state index contributed by atoms with van der Waals surface area (Å²) in [6.45, 7) is 2.61. The van der Waals surface area contributed by atoms with Crippen LogP contribution in [0.2, 0.25) is 0 Å². The Kier molecular flexibility index (Phi) is 5.65. The van der Waals surface area contributed by atoms with Crippen molar-refractivity contribution in [3.63, 3.8) is 0 Å². The van der Waals surface area contributed by atoms with E-state index in [9.17, 15) is 18.0 Å². The van der Waals surface area contributed by atoms with Crippen LogP contribution in [0.25, 0.3) is 0 Å². The first kappa shape index (κ1) is 18.6. The van der Waals surface area contributed by atoms with Crippen molar-refractivity contribution in [1.29, 1.82) is 0 Å². The van der Waals surface area contributed by atoms with E-state index in [1.807, 2.05) is 0 Å². The zero-order valence-electron chi connectivity index (χ0n) is 14.8. The molecule has 1 N–H and O–H groups in total. The molecule has 1 atom stereocenters. The minimum atomic E-state index is -3.22. The first-order valence-electron chi connectivity index (χ1n) is 9.15. The van der Waals surface area contributed by atoms with E-state index >= 15 is 0 Å². The van der Waals surface area contributed by atoms with Gasteiger partial charge in [0.05, 0.1) is 12.8 Å². The molecule has 0 aromatic rings. The zero-order valence-corrected chi connectivity index (χ0v) is 15.6. The van der Waals surface area contributed by atoms with Crippen molar-refractivity contribution in [2.45, 2.75) is 50.6 Å². The quantitative estimate of drug-likeness (QED) is 0.745. The summed E-state index contributed by atoms with van der Waals surface area (Å²) in [5, 5.41) is 2.64. The predicted molar refractivity (Wildman–Crippen MR) is 93.5 cm³/mol. The van der Waals surface area contributed by atoms with Crippen molar-refractivity contribution in [2.75, 3.05) is 39.0 Å². The molecule has 1 aliphatic carbocycles. The van der Waals surface area contributed by atoms with Crippen LogP contribution < -0.4 is 5.32 Å². The van der Waals surface area contributed by atoms with Crippen LogP contribution in [0.5, 0.6) is 0 Å². The summed E-state index contributed by atoms with van der Waals surface area (Å²) in [6, 6.07) is -0.136. The lowest BCUT2D eigenvalue weighted by Gasteiger charge is -2.40. The van der Waals surface area contributed by atoms with Gasteiger partial charge in [-0.05, 0) is 38.6 Å². The molecule has 3 amide bonds. The molecule has 0 aromatic carbocycles. The largest absolute Gasteiger partial charge is 0.336 e. The van der Waals surface area contributed by atoms with E-state index in [0.717, 1.165) is 45.1 Å². The molecule has 2 heterocycles. The van der Waals surface area contributed by atoms with Crippen LogP contribution in [0.1, 0.15) is 38.5 Å². The van der Waals surface area contributed by atoms with Gasteiger partial charge >= 0.3 is 6.03 Å². The lowest BCUT2D eigenvalue weighted by molar-refractivity contribution is -0.128. The smallest absolute Gasteiger partial charge is 0.324 e. The Balaban J connectivity index is 1.58. The van der Waals surface area contributed by atoms with E-state index in [2.05, 4.69) is 10.2 Å². The summed E-state index contributed by atoms with van der Waals surface area (Å²) < 4.78 is 26.2. The molecule has 25 heavy (non-hydrogen) atoms. The van der Waals surface area contributed by atoms with Gasteiger partial charge in [-0.1, -0.05) is 6.42 Å². The van der Waals surface area contributed by atoms with Gasteiger partial charge in [-0.15, -0.1) is 0 Å². The maximum atomic E-state index is 12.3. The third-order valence-corrected chi connectivity index (χ3v) is 6.85. The second-order valence-electron chi connectivity index (χ2n) is 7.32. The molecule has 0 bridgehead atoms. The van der Waals surface area contributed by atoms with Crippen LogP contribution in [0.3, 0.4) is 0 Å². The molecule has 2 aliphatic heterocycles. The summed E-state index contributed by atoms with van der Waals surface area (Å²) in [6.07, 6.45) is 6.75. The number of carbonyl (C=O) groups is 2. The van der Waals surface area contributed by atoms with Gasteiger partial charge in [0.15, 0.2) is 0 Å². The number of rotatable bonds is 5. The third kappa shape index (κ3) is 4.32. The van der Waals surface area contributed by atoms with Crippen molar-refractivity contribution in [2.24, 2.45) is 0 Å². The van der Waals surface area contributed by atoms with Gasteiger partial charge in [-0.2, -0.15) is 4.31 Å². The van der Waals surface area contributed by atoms with E-state index in [1.54, 1.807) is 4.31 Å². The number of imide groups is 1. The first-order valence-corrected chi connectivity index (χ1v) is 11.0. The van der Waals surface area contributed by atoms with E-state index in [4.69, 9.17) is 0 Å². The molecular formula is C16H28N4O4S. The SMILES string of the molecule is CS(=O)(=O)N(C1CCC1)[C@@H]1CCCN(CC(=O)N2CCNC2=O)CC1. The van der Waals surface area contributed by atoms with Gasteiger partial charge in [-0.25, -0.2) is 13.2 Å². The van der Waals surface area contributed by atoms with Crippen LogP contribution in [0.4, 0.5) is 4.79 Å². The molecular weight excluding hydrogens is 344 g/mol. The van der Waals surface area contributed by atoms with Gasteiger partial charge in [0.1, 0.15) is 0 Å². The number of amides is 3. The Morgan fingerprint density at radius 1 is 1.12 bits per heavy atom. The number of carbonyl (C=O) groups excluding carboxylic acids is 2. The van der Waals surface area contributed by atoms with Gasteiger partial charge in [-0.3, -0.25) is 14.6 Å². The maximum Gasteiger partial charge on any atom is 0.324 e. The van der Waals surface area contributed by atoms with E-state index in [1.165, 1.54) is 11.2 Å². The Bertz CT molecular complexity index is 620. The normalized spacial score (nSPS) is 26.4. The molecule has 2 saturated heterocycles. The minimum absolute atomic E-state index is 0.0236. The fraction of sp³-hybridized carbons (Fsp3) is 0.875. The lowest BCUT2D eigenvalue weighted by atomic mass is 9.91. The molecule has 8 nitrogen and oxygen atoms in total. The van der Waals surface area contributed by atoms with Crippen molar-refractivity contribution in [3.8, 4) is 0 Å². The molecule has 9 heteroatoms. The number of likely N-dealkylation sites (tertiary alicyclic amines) is 1. The highest BCUT2D eigenvalue weighted by Crippen LogP contribution is 2.31. The summed E-state index contributed by atoms with van der Waals surface area (Å²) in [7, 11) is -3.22. The highest BCUT2D eigenvalue weighted by Gasteiger charge is 2.37. The number of sulfonamides is 1. The highest BCUT2D eigenvalue weighted by atomic mass is 32.2. The van der Waals surface area contributed by atoms with Gasteiger partial charge in [0, 0.05) is 31.7 Å². The minimum Gasteiger partial charge on any atom is -0.336 e. The molecule has 142 valence electrons. The number of nitrogens with one attached hydrogen (secondary N) is 1. The van der Waals surface area contributed by atoms with Crippen LogP contribution >= 0.6 is 0 Å². The fourth-order valence-corrected chi connectivity index (χ4v) is 5.52. The van der Waals surface area contributed by atoms with E-state index < -0.39 is 10.0 Å². The Morgan fingerprint density at radius 2 is 1.80 bits per heavy atom. The number of hydrogen-bond acceptors (Lipinski definition) is 5. The van der Waals surface area contributed by atoms with Crippen LogP contribution in [0, 0.1) is 0 Å². The highest BCUT2D eigenvalue weighted by molar-refractivity contribution is 7.88. The second kappa shape index (κ2) is 7.59. The molecule has 0 spiro atoms. The molecule has 1 saturated carbocycles. The average Bonchev–Trinajstić information content (AvgIpc) is 2.78. The molecule has 0 radical (unpaired) electrons. The summed E-state index contributed by atoms with van der Waals surface area (Å²) >= 11 is 0. The molecule has 0 unspecified atom stereocenters. The summed E-state index contributed by atoms with van der Waals surface area (Å²) in [5.41, 5.74) is 0. The van der Waals surface area contributed by atoms with Crippen molar-refractivity contribution in [1.82, 2.24) is 19.4 Å². The fourth-order valence-electron chi connectivity index (χ4n) is 4.02. The van der Waals surface area contributed by atoms with Crippen molar-refractivity contribution in [3.05, 3.63) is 0 Å². The number of nitrogens with zero attached hydrogens (tertiary/aromatic N) is 3. The maximum absolute atomic E-state index is 12.3. The topological polar surface area (TPSA) is 90.0 Å². The molecule has 3 rings (SSSR count). The van der Waals surface area contributed by atoms with Gasteiger partial charge < -0.3 is 5.32 Å². The van der Waals surface area contributed by atoms with Crippen LogP contribution in [-0.4, -0.2) is 85.5 Å². The predicted octanol–water partition coefficient (Wildman–Crippen LogP) is 0.207.